The molecule has 0 aliphatic rings. The van der Waals surface area contributed by atoms with Crippen LogP contribution in [0.5, 0.6) is 0 Å². The van der Waals surface area contributed by atoms with Gasteiger partial charge in [-0.2, -0.15) is 5.10 Å². The molecule has 0 aliphatic carbocycles. The van der Waals surface area contributed by atoms with E-state index in [1.165, 1.54) is 11.3 Å². The SMILES string of the molecule is C=CCCn1ncc(CNCC(C)C)c1C. The second kappa shape index (κ2) is 6.48. The summed E-state index contributed by atoms with van der Waals surface area (Å²) in [7, 11) is 0. The van der Waals surface area contributed by atoms with Crippen molar-refractivity contribution in [3.8, 4) is 0 Å². The van der Waals surface area contributed by atoms with E-state index in [-0.39, 0.29) is 0 Å². The molecule has 0 bridgehead atoms. The molecule has 0 saturated heterocycles. The summed E-state index contributed by atoms with van der Waals surface area (Å²) < 4.78 is 2.05. The lowest BCUT2D eigenvalue weighted by Gasteiger charge is -2.07. The number of nitrogens with zero attached hydrogens (tertiary/aromatic N) is 2. The number of rotatable bonds is 7. The molecule has 0 atom stereocenters. The average molecular weight is 221 g/mol. The lowest BCUT2D eigenvalue weighted by Crippen LogP contribution is -2.19. The largest absolute Gasteiger partial charge is 0.312 e. The van der Waals surface area contributed by atoms with E-state index in [2.05, 4.69) is 37.8 Å². The summed E-state index contributed by atoms with van der Waals surface area (Å²) in [5.41, 5.74) is 2.56. The fraction of sp³-hybridized carbons (Fsp3) is 0.615. The molecule has 0 unspecified atom stereocenters. The highest BCUT2D eigenvalue weighted by atomic mass is 15.3. The van der Waals surface area contributed by atoms with Crippen molar-refractivity contribution in [1.29, 1.82) is 0 Å². The van der Waals surface area contributed by atoms with Gasteiger partial charge in [-0.3, -0.25) is 4.68 Å². The summed E-state index contributed by atoms with van der Waals surface area (Å²) in [4.78, 5) is 0. The molecule has 0 saturated carbocycles. The summed E-state index contributed by atoms with van der Waals surface area (Å²) in [6, 6.07) is 0. The Kier molecular flexibility index (Phi) is 5.26. The third-order valence-corrected chi connectivity index (χ3v) is 2.62. The van der Waals surface area contributed by atoms with E-state index in [4.69, 9.17) is 0 Å². The fourth-order valence-electron chi connectivity index (χ4n) is 1.59. The molecule has 0 spiro atoms. The minimum absolute atomic E-state index is 0.691. The third kappa shape index (κ3) is 3.81. The molecule has 1 aromatic rings. The Morgan fingerprint density at radius 1 is 1.56 bits per heavy atom. The zero-order valence-electron chi connectivity index (χ0n) is 10.7. The van der Waals surface area contributed by atoms with E-state index in [1.54, 1.807) is 0 Å². The quantitative estimate of drug-likeness (QED) is 0.717. The Balaban J connectivity index is 2.47. The topological polar surface area (TPSA) is 29.9 Å². The van der Waals surface area contributed by atoms with Gasteiger partial charge in [0, 0.05) is 24.3 Å². The van der Waals surface area contributed by atoms with Gasteiger partial charge in [0.25, 0.3) is 0 Å². The first-order chi connectivity index (χ1) is 7.65. The molecule has 0 fully saturated rings. The summed E-state index contributed by atoms with van der Waals surface area (Å²) >= 11 is 0. The Bertz CT molecular complexity index is 326. The molecular weight excluding hydrogens is 198 g/mol. The second-order valence-electron chi connectivity index (χ2n) is 4.58. The minimum Gasteiger partial charge on any atom is -0.312 e. The summed E-state index contributed by atoms with van der Waals surface area (Å²) in [5, 5.41) is 7.82. The van der Waals surface area contributed by atoms with Gasteiger partial charge in [0.15, 0.2) is 0 Å². The Labute approximate surface area is 98.5 Å². The lowest BCUT2D eigenvalue weighted by atomic mass is 10.2. The molecule has 1 aromatic heterocycles. The van der Waals surface area contributed by atoms with E-state index in [0.29, 0.717) is 5.92 Å². The van der Waals surface area contributed by atoms with Crippen molar-refractivity contribution in [3.05, 3.63) is 30.1 Å². The van der Waals surface area contributed by atoms with Gasteiger partial charge in [-0.15, -0.1) is 6.58 Å². The predicted molar refractivity (Wildman–Crippen MR) is 68.3 cm³/mol. The van der Waals surface area contributed by atoms with Gasteiger partial charge in [-0.25, -0.2) is 0 Å². The highest BCUT2D eigenvalue weighted by molar-refractivity contribution is 5.15. The van der Waals surface area contributed by atoms with Crippen LogP contribution in [0.3, 0.4) is 0 Å². The maximum absolute atomic E-state index is 4.38. The Morgan fingerprint density at radius 2 is 2.31 bits per heavy atom. The van der Waals surface area contributed by atoms with Crippen molar-refractivity contribution in [2.45, 2.75) is 40.3 Å². The molecule has 0 radical (unpaired) electrons. The van der Waals surface area contributed by atoms with Crippen LogP contribution in [0.25, 0.3) is 0 Å². The van der Waals surface area contributed by atoms with Crippen molar-refractivity contribution in [2.75, 3.05) is 6.54 Å². The Morgan fingerprint density at radius 3 is 2.94 bits per heavy atom. The molecule has 1 N–H and O–H groups in total. The van der Waals surface area contributed by atoms with Gasteiger partial charge in [0.2, 0.25) is 0 Å². The van der Waals surface area contributed by atoms with Gasteiger partial charge < -0.3 is 5.32 Å². The van der Waals surface area contributed by atoms with Crippen molar-refractivity contribution >= 4 is 0 Å². The molecule has 0 aromatic carbocycles. The monoisotopic (exact) mass is 221 g/mol. The number of hydrogen-bond acceptors (Lipinski definition) is 2. The van der Waals surface area contributed by atoms with E-state index < -0.39 is 0 Å². The molecule has 1 heterocycles. The summed E-state index contributed by atoms with van der Waals surface area (Å²) in [6.07, 6.45) is 4.87. The highest BCUT2D eigenvalue weighted by Gasteiger charge is 2.05. The first-order valence-corrected chi connectivity index (χ1v) is 5.98. The summed E-state index contributed by atoms with van der Waals surface area (Å²) in [6.45, 7) is 13.2. The van der Waals surface area contributed by atoms with Crippen LogP contribution in [0.1, 0.15) is 31.5 Å². The van der Waals surface area contributed by atoms with Crippen molar-refractivity contribution in [1.82, 2.24) is 15.1 Å². The van der Waals surface area contributed by atoms with Gasteiger partial charge in [-0.1, -0.05) is 19.9 Å². The van der Waals surface area contributed by atoms with Crippen LogP contribution < -0.4 is 5.32 Å². The normalized spacial score (nSPS) is 11.0. The number of aromatic nitrogens is 2. The molecule has 90 valence electrons. The number of allylic oxidation sites excluding steroid dienone is 1. The van der Waals surface area contributed by atoms with Crippen LogP contribution in [-0.4, -0.2) is 16.3 Å². The van der Waals surface area contributed by atoms with Crippen LogP contribution in [0, 0.1) is 12.8 Å². The van der Waals surface area contributed by atoms with Crippen molar-refractivity contribution in [3.63, 3.8) is 0 Å². The van der Waals surface area contributed by atoms with Crippen LogP contribution in [-0.2, 0) is 13.1 Å². The highest BCUT2D eigenvalue weighted by Crippen LogP contribution is 2.07. The molecule has 3 heteroatoms. The molecule has 3 nitrogen and oxygen atoms in total. The van der Waals surface area contributed by atoms with Crippen LogP contribution in [0.4, 0.5) is 0 Å². The number of nitrogens with one attached hydrogen (secondary N) is 1. The molecule has 16 heavy (non-hydrogen) atoms. The summed E-state index contributed by atoms with van der Waals surface area (Å²) in [5.74, 6) is 0.691. The first kappa shape index (κ1) is 13.0. The molecule has 1 rings (SSSR count). The maximum Gasteiger partial charge on any atom is 0.0537 e. The molecular formula is C13H23N3. The van der Waals surface area contributed by atoms with Crippen molar-refractivity contribution < 1.29 is 0 Å². The number of hydrogen-bond donors (Lipinski definition) is 1. The zero-order valence-corrected chi connectivity index (χ0v) is 10.7. The van der Waals surface area contributed by atoms with Crippen molar-refractivity contribution in [2.24, 2.45) is 5.92 Å². The second-order valence-corrected chi connectivity index (χ2v) is 4.58. The van der Waals surface area contributed by atoms with Crippen LogP contribution in [0.15, 0.2) is 18.9 Å². The Hall–Kier alpha value is -1.09. The van der Waals surface area contributed by atoms with E-state index in [1.807, 2.05) is 17.0 Å². The van der Waals surface area contributed by atoms with Gasteiger partial charge >= 0.3 is 0 Å². The van der Waals surface area contributed by atoms with E-state index >= 15 is 0 Å². The smallest absolute Gasteiger partial charge is 0.0537 e. The van der Waals surface area contributed by atoms with E-state index in [0.717, 1.165) is 26.1 Å². The van der Waals surface area contributed by atoms with Crippen LogP contribution in [0.2, 0.25) is 0 Å². The zero-order chi connectivity index (χ0) is 12.0. The number of aryl methyl sites for hydroxylation is 1. The van der Waals surface area contributed by atoms with Gasteiger partial charge in [0.05, 0.1) is 6.20 Å². The average Bonchev–Trinajstić information content (AvgIpc) is 2.57. The van der Waals surface area contributed by atoms with Gasteiger partial charge in [0.1, 0.15) is 0 Å². The third-order valence-electron chi connectivity index (χ3n) is 2.62. The maximum atomic E-state index is 4.38. The predicted octanol–water partition coefficient (Wildman–Crippen LogP) is 2.51. The van der Waals surface area contributed by atoms with Crippen LogP contribution >= 0.6 is 0 Å². The first-order valence-electron chi connectivity index (χ1n) is 5.98. The fourth-order valence-corrected chi connectivity index (χ4v) is 1.59. The lowest BCUT2D eigenvalue weighted by molar-refractivity contribution is 0.550. The van der Waals surface area contributed by atoms with E-state index in [9.17, 15) is 0 Å². The molecule has 0 amide bonds. The van der Waals surface area contributed by atoms with Gasteiger partial charge in [-0.05, 0) is 25.8 Å². The minimum atomic E-state index is 0.691. The molecule has 0 aliphatic heterocycles. The standard InChI is InChI=1S/C13H23N3/c1-5-6-7-16-12(4)13(10-15-16)9-14-8-11(2)3/h5,10-11,14H,1,6-9H2,2-4H3.